The number of urea groups is 1. The molecule has 2 N–H and O–H groups in total. The molecule has 6 heteroatoms. The largest absolute Gasteiger partial charge is 0.492 e. The van der Waals surface area contributed by atoms with Gasteiger partial charge in [-0.1, -0.05) is 0 Å². The van der Waals surface area contributed by atoms with Crippen LogP contribution in [0, 0.1) is 24.7 Å². The van der Waals surface area contributed by atoms with Crippen molar-refractivity contribution in [2.45, 2.75) is 13.8 Å². The van der Waals surface area contributed by atoms with Crippen LogP contribution >= 0.6 is 0 Å². The van der Waals surface area contributed by atoms with Gasteiger partial charge in [0.2, 0.25) is 0 Å². The lowest BCUT2D eigenvalue weighted by molar-refractivity contribution is 0.203. The molecule has 2 fully saturated rings. The molecule has 1 saturated heterocycles. The van der Waals surface area contributed by atoms with Gasteiger partial charge in [-0.05, 0) is 43.7 Å². The molecule has 1 aliphatic heterocycles. The summed E-state index contributed by atoms with van der Waals surface area (Å²) < 4.78 is 5.43. The van der Waals surface area contributed by atoms with E-state index in [1.54, 1.807) is 11.0 Å². The minimum Gasteiger partial charge on any atom is -0.492 e. The number of rotatable bonds is 4. The van der Waals surface area contributed by atoms with Crippen LogP contribution in [0.15, 0.2) is 12.1 Å². The zero-order chi connectivity index (χ0) is 15.0. The average Bonchev–Trinajstić information content (AvgIpc) is 2.93. The van der Waals surface area contributed by atoms with Crippen molar-refractivity contribution in [3.8, 4) is 5.75 Å². The van der Waals surface area contributed by atoms with Crippen LogP contribution in [0.25, 0.3) is 0 Å². The lowest BCUT2D eigenvalue weighted by atomic mass is 10.3. The average molecular weight is 291 g/mol. The first-order chi connectivity index (χ1) is 10.1. The molecule has 2 heterocycles. The first kappa shape index (κ1) is 14.1. The summed E-state index contributed by atoms with van der Waals surface area (Å²) in [6.07, 6.45) is 0. The normalized spacial score (nSPS) is 26.4. The van der Waals surface area contributed by atoms with Gasteiger partial charge in [0.05, 0.1) is 12.3 Å². The molecule has 3 rings (SSSR count). The Morgan fingerprint density at radius 3 is 2.76 bits per heavy atom. The van der Waals surface area contributed by atoms with Gasteiger partial charge in [-0.2, -0.15) is 0 Å². The zero-order valence-corrected chi connectivity index (χ0v) is 12.4. The Morgan fingerprint density at radius 1 is 1.48 bits per heavy atom. The summed E-state index contributed by atoms with van der Waals surface area (Å²) in [5, 5.41) is 12.0. The van der Waals surface area contributed by atoms with Gasteiger partial charge < -0.3 is 14.7 Å². The highest BCUT2D eigenvalue weighted by molar-refractivity contribution is 5.88. The minimum atomic E-state index is -0.116. The highest BCUT2D eigenvalue weighted by atomic mass is 16.5. The second-order valence-corrected chi connectivity index (χ2v) is 5.72. The third kappa shape index (κ3) is 2.68. The Balaban J connectivity index is 1.57. The fourth-order valence-electron chi connectivity index (χ4n) is 3.20. The molecule has 6 nitrogen and oxygen atoms in total. The number of amides is 2. The van der Waals surface area contributed by atoms with Crippen LogP contribution in [-0.4, -0.2) is 47.3 Å². The van der Waals surface area contributed by atoms with Gasteiger partial charge >= 0.3 is 6.03 Å². The van der Waals surface area contributed by atoms with Gasteiger partial charge in [0.15, 0.2) is 0 Å². The standard InChI is InChI=1S/C15H21N3O3/c1-3-21-13-4-5-14(16-9(13)2)17-15(20)18-6-10-11(7-18)12(10)8-19/h4-5,10-12,19H,3,6-8H2,1-2H3,(H,16,17,20)/t10-,11+,12?. The van der Waals surface area contributed by atoms with Crippen LogP contribution in [-0.2, 0) is 0 Å². The van der Waals surface area contributed by atoms with Crippen LogP contribution in [0.4, 0.5) is 10.6 Å². The lowest BCUT2D eigenvalue weighted by Crippen LogP contribution is -2.35. The van der Waals surface area contributed by atoms with Gasteiger partial charge in [0.1, 0.15) is 11.6 Å². The number of anilines is 1. The molecule has 21 heavy (non-hydrogen) atoms. The molecular weight excluding hydrogens is 270 g/mol. The molecule has 1 unspecified atom stereocenters. The monoisotopic (exact) mass is 291 g/mol. The van der Waals surface area contributed by atoms with E-state index in [1.807, 2.05) is 19.9 Å². The SMILES string of the molecule is CCOc1ccc(NC(=O)N2C[C@@H]3C(CO)[C@@H]3C2)nc1C. The van der Waals surface area contributed by atoms with Crippen LogP contribution in [0.1, 0.15) is 12.6 Å². The number of hydrogen-bond donors (Lipinski definition) is 2. The number of aliphatic hydroxyl groups excluding tert-OH is 1. The van der Waals surface area contributed by atoms with E-state index in [2.05, 4.69) is 10.3 Å². The van der Waals surface area contributed by atoms with Crippen LogP contribution in [0.5, 0.6) is 5.75 Å². The predicted molar refractivity (Wildman–Crippen MR) is 78.3 cm³/mol. The van der Waals surface area contributed by atoms with E-state index >= 15 is 0 Å². The minimum absolute atomic E-state index is 0.116. The highest BCUT2D eigenvalue weighted by Gasteiger charge is 2.56. The molecule has 0 bridgehead atoms. The maximum Gasteiger partial charge on any atom is 0.323 e. The van der Waals surface area contributed by atoms with E-state index in [9.17, 15) is 4.79 Å². The van der Waals surface area contributed by atoms with E-state index in [1.165, 1.54) is 0 Å². The van der Waals surface area contributed by atoms with Crippen molar-refractivity contribution >= 4 is 11.8 Å². The smallest absolute Gasteiger partial charge is 0.323 e. The molecule has 0 aromatic carbocycles. The van der Waals surface area contributed by atoms with E-state index < -0.39 is 0 Å². The van der Waals surface area contributed by atoms with Crippen molar-refractivity contribution in [2.75, 3.05) is 31.6 Å². The topological polar surface area (TPSA) is 74.7 Å². The van der Waals surface area contributed by atoms with Crippen molar-refractivity contribution in [3.63, 3.8) is 0 Å². The number of hydrogen-bond acceptors (Lipinski definition) is 4. The number of aromatic nitrogens is 1. The Labute approximate surface area is 124 Å². The summed E-state index contributed by atoms with van der Waals surface area (Å²) in [6, 6.07) is 3.46. The van der Waals surface area contributed by atoms with Crippen LogP contribution < -0.4 is 10.1 Å². The quantitative estimate of drug-likeness (QED) is 0.881. The molecule has 0 radical (unpaired) electrons. The molecule has 3 atom stereocenters. The summed E-state index contributed by atoms with van der Waals surface area (Å²) in [5.74, 6) is 2.65. The number of likely N-dealkylation sites (tertiary alicyclic amines) is 1. The first-order valence-electron chi connectivity index (χ1n) is 7.41. The summed E-state index contributed by atoms with van der Waals surface area (Å²) in [5.41, 5.74) is 0.763. The van der Waals surface area contributed by atoms with Crippen molar-refractivity contribution < 1.29 is 14.6 Å². The van der Waals surface area contributed by atoms with E-state index in [-0.39, 0.29) is 12.6 Å². The van der Waals surface area contributed by atoms with Gasteiger partial charge in [-0.25, -0.2) is 9.78 Å². The highest BCUT2D eigenvalue weighted by Crippen LogP contribution is 2.51. The molecule has 2 amide bonds. The third-order valence-corrected chi connectivity index (χ3v) is 4.44. The number of nitrogens with zero attached hydrogens (tertiary/aromatic N) is 2. The number of carbonyl (C=O) groups is 1. The Kier molecular flexibility index (Phi) is 3.71. The van der Waals surface area contributed by atoms with Gasteiger partial charge in [0.25, 0.3) is 0 Å². The molecule has 1 aromatic rings. The number of aliphatic hydroxyl groups is 1. The number of carbonyl (C=O) groups excluding carboxylic acids is 1. The number of ether oxygens (including phenoxy) is 1. The summed E-state index contributed by atoms with van der Waals surface area (Å²) >= 11 is 0. The molecule has 1 aliphatic carbocycles. The number of piperidine rings is 1. The van der Waals surface area contributed by atoms with Crippen LogP contribution in [0.2, 0.25) is 0 Å². The fourth-order valence-corrected chi connectivity index (χ4v) is 3.20. The molecule has 1 saturated carbocycles. The zero-order valence-electron chi connectivity index (χ0n) is 12.4. The molecule has 1 aromatic heterocycles. The predicted octanol–water partition coefficient (Wildman–Crippen LogP) is 1.49. The second kappa shape index (κ2) is 5.52. The maximum atomic E-state index is 12.2. The van der Waals surface area contributed by atoms with Crippen molar-refractivity contribution in [3.05, 3.63) is 17.8 Å². The van der Waals surface area contributed by atoms with Crippen molar-refractivity contribution in [1.29, 1.82) is 0 Å². The number of aryl methyl sites for hydroxylation is 1. The van der Waals surface area contributed by atoms with Gasteiger partial charge in [-0.3, -0.25) is 5.32 Å². The van der Waals surface area contributed by atoms with Gasteiger partial charge in [0, 0.05) is 19.7 Å². The van der Waals surface area contributed by atoms with Crippen molar-refractivity contribution in [2.24, 2.45) is 17.8 Å². The Hall–Kier alpha value is -1.82. The Bertz CT molecular complexity index is 537. The summed E-state index contributed by atoms with van der Waals surface area (Å²) in [6.45, 7) is 6.09. The Morgan fingerprint density at radius 2 is 2.19 bits per heavy atom. The third-order valence-electron chi connectivity index (χ3n) is 4.44. The van der Waals surface area contributed by atoms with E-state index in [0.717, 1.165) is 24.5 Å². The fraction of sp³-hybridized carbons (Fsp3) is 0.600. The molecule has 2 aliphatic rings. The van der Waals surface area contributed by atoms with Crippen molar-refractivity contribution in [1.82, 2.24) is 9.88 Å². The number of pyridine rings is 1. The number of nitrogens with one attached hydrogen (secondary N) is 1. The van der Waals surface area contributed by atoms with Gasteiger partial charge in [-0.15, -0.1) is 0 Å². The number of fused-ring (bicyclic) bond motifs is 1. The summed E-state index contributed by atoms with van der Waals surface area (Å²) in [7, 11) is 0. The van der Waals surface area contributed by atoms with E-state index in [4.69, 9.17) is 9.84 Å². The molecule has 0 spiro atoms. The molecular formula is C15H21N3O3. The van der Waals surface area contributed by atoms with Crippen LogP contribution in [0.3, 0.4) is 0 Å². The first-order valence-corrected chi connectivity index (χ1v) is 7.41. The lowest BCUT2D eigenvalue weighted by Gasteiger charge is -2.20. The molecule has 114 valence electrons. The maximum absolute atomic E-state index is 12.2. The van der Waals surface area contributed by atoms with E-state index in [0.29, 0.717) is 30.2 Å². The second-order valence-electron chi connectivity index (χ2n) is 5.72. The summed E-state index contributed by atoms with van der Waals surface area (Å²) in [4.78, 5) is 18.3.